The van der Waals surface area contributed by atoms with E-state index >= 15 is 0 Å². The van der Waals surface area contributed by atoms with E-state index < -0.39 is 0 Å². The van der Waals surface area contributed by atoms with E-state index in [4.69, 9.17) is 4.98 Å². The smallest absolute Gasteiger partial charge is 0.159 e. The first-order valence-corrected chi connectivity index (χ1v) is 9.26. The van der Waals surface area contributed by atoms with E-state index in [9.17, 15) is 0 Å². The largest absolute Gasteiger partial charge is 0.293 e. The summed E-state index contributed by atoms with van der Waals surface area (Å²) in [7, 11) is 0. The van der Waals surface area contributed by atoms with Gasteiger partial charge < -0.3 is 0 Å². The van der Waals surface area contributed by atoms with Crippen LogP contribution in [0.4, 0.5) is 0 Å². The summed E-state index contributed by atoms with van der Waals surface area (Å²) in [6.07, 6.45) is 2.99. The van der Waals surface area contributed by atoms with Crippen LogP contribution in [-0.4, -0.2) is 21.4 Å². The fourth-order valence-electron chi connectivity index (χ4n) is 2.89. The lowest BCUT2D eigenvalue weighted by Gasteiger charge is -2.27. The number of benzene rings is 1. The second kappa shape index (κ2) is 6.51. The Hall–Kier alpha value is -1.56. The first-order chi connectivity index (χ1) is 11.3. The Labute approximate surface area is 148 Å². The Balaban J connectivity index is 1.52. The summed E-state index contributed by atoms with van der Waals surface area (Å²) in [6.45, 7) is 2.98. The van der Waals surface area contributed by atoms with Gasteiger partial charge in [-0.15, -0.1) is 11.3 Å². The van der Waals surface area contributed by atoms with E-state index in [1.165, 1.54) is 19.9 Å². The van der Waals surface area contributed by atoms with Crippen molar-refractivity contribution in [2.24, 2.45) is 0 Å². The molecule has 0 amide bonds. The molecule has 0 spiro atoms. The van der Waals surface area contributed by atoms with E-state index in [1.807, 2.05) is 24.4 Å². The number of rotatable bonds is 3. The van der Waals surface area contributed by atoms with Gasteiger partial charge in [0, 0.05) is 48.3 Å². The third-order valence-corrected chi connectivity index (χ3v) is 5.66. The molecule has 2 aromatic heterocycles. The van der Waals surface area contributed by atoms with Gasteiger partial charge in [-0.1, -0.05) is 30.3 Å². The van der Waals surface area contributed by atoms with E-state index in [1.54, 1.807) is 11.3 Å². The van der Waals surface area contributed by atoms with Gasteiger partial charge in [-0.3, -0.25) is 4.90 Å². The highest BCUT2D eigenvalue weighted by Gasteiger charge is 2.19. The number of halogens is 1. The van der Waals surface area contributed by atoms with Crippen LogP contribution in [0.25, 0.3) is 11.4 Å². The van der Waals surface area contributed by atoms with Gasteiger partial charge in [-0.2, -0.15) is 0 Å². The van der Waals surface area contributed by atoms with Crippen molar-refractivity contribution in [1.29, 1.82) is 0 Å². The SMILES string of the molecule is Brc1ccc(CN2CCc3nc(-c4ccccc4)ncc3C2)s1. The summed E-state index contributed by atoms with van der Waals surface area (Å²) in [6, 6.07) is 14.5. The number of fused-ring (bicyclic) bond motifs is 1. The molecule has 3 aromatic rings. The van der Waals surface area contributed by atoms with Gasteiger partial charge in [0.2, 0.25) is 0 Å². The van der Waals surface area contributed by atoms with Gasteiger partial charge in [-0.25, -0.2) is 9.97 Å². The molecule has 0 saturated heterocycles. The fourth-order valence-corrected chi connectivity index (χ4v) is 4.42. The number of nitrogens with zero attached hydrogens (tertiary/aromatic N) is 3. The Morgan fingerprint density at radius 3 is 2.78 bits per heavy atom. The molecule has 3 heterocycles. The summed E-state index contributed by atoms with van der Waals surface area (Å²) >= 11 is 5.34. The van der Waals surface area contributed by atoms with Gasteiger partial charge in [0.1, 0.15) is 0 Å². The summed E-state index contributed by atoms with van der Waals surface area (Å²) in [5.74, 6) is 0.833. The quantitative estimate of drug-likeness (QED) is 0.663. The average molecular weight is 386 g/mol. The average Bonchev–Trinajstić information content (AvgIpc) is 3.00. The van der Waals surface area contributed by atoms with E-state index in [2.05, 4.69) is 50.1 Å². The van der Waals surface area contributed by atoms with E-state index in [-0.39, 0.29) is 0 Å². The minimum absolute atomic E-state index is 0.833. The van der Waals surface area contributed by atoms with Crippen LogP contribution in [0.1, 0.15) is 16.1 Å². The Kier molecular flexibility index (Phi) is 4.25. The minimum Gasteiger partial charge on any atom is -0.293 e. The molecule has 1 aliphatic heterocycles. The van der Waals surface area contributed by atoms with Gasteiger partial charge >= 0.3 is 0 Å². The van der Waals surface area contributed by atoms with Crippen molar-refractivity contribution in [1.82, 2.24) is 14.9 Å². The van der Waals surface area contributed by atoms with Crippen LogP contribution in [0.5, 0.6) is 0 Å². The standard InChI is InChI=1S/C18H16BrN3S/c19-17-7-6-15(23-17)12-22-9-8-16-14(11-22)10-20-18(21-16)13-4-2-1-3-5-13/h1-7,10H,8-9,11-12H2. The molecule has 3 nitrogen and oxygen atoms in total. The molecular weight excluding hydrogens is 370 g/mol. The zero-order valence-electron chi connectivity index (χ0n) is 12.6. The molecule has 0 radical (unpaired) electrons. The summed E-state index contributed by atoms with van der Waals surface area (Å²) in [5.41, 5.74) is 3.54. The second-order valence-electron chi connectivity index (χ2n) is 5.70. The van der Waals surface area contributed by atoms with E-state index in [0.717, 1.165) is 37.4 Å². The highest BCUT2D eigenvalue weighted by Crippen LogP contribution is 2.26. The molecule has 0 saturated carbocycles. The molecule has 0 unspecified atom stereocenters. The van der Waals surface area contributed by atoms with Crippen molar-refractivity contribution >= 4 is 27.3 Å². The molecule has 5 heteroatoms. The summed E-state index contributed by atoms with van der Waals surface area (Å²) < 4.78 is 1.20. The number of aromatic nitrogens is 2. The molecule has 1 aliphatic rings. The number of hydrogen-bond acceptors (Lipinski definition) is 4. The third kappa shape index (κ3) is 3.37. The summed E-state index contributed by atoms with van der Waals surface area (Å²) in [5, 5.41) is 0. The van der Waals surface area contributed by atoms with Crippen LogP contribution >= 0.6 is 27.3 Å². The maximum Gasteiger partial charge on any atom is 0.159 e. The molecule has 0 bridgehead atoms. The van der Waals surface area contributed by atoms with Crippen LogP contribution in [0.2, 0.25) is 0 Å². The first-order valence-electron chi connectivity index (χ1n) is 7.65. The molecule has 1 aromatic carbocycles. The van der Waals surface area contributed by atoms with Crippen LogP contribution < -0.4 is 0 Å². The zero-order chi connectivity index (χ0) is 15.6. The molecular formula is C18H16BrN3S. The monoisotopic (exact) mass is 385 g/mol. The van der Waals surface area contributed by atoms with Crippen molar-refractivity contribution in [2.45, 2.75) is 19.5 Å². The van der Waals surface area contributed by atoms with Crippen molar-refractivity contribution in [3.63, 3.8) is 0 Å². The highest BCUT2D eigenvalue weighted by atomic mass is 79.9. The zero-order valence-corrected chi connectivity index (χ0v) is 15.0. The number of hydrogen-bond donors (Lipinski definition) is 0. The molecule has 0 atom stereocenters. The van der Waals surface area contributed by atoms with Crippen molar-refractivity contribution in [3.05, 3.63) is 68.6 Å². The van der Waals surface area contributed by atoms with Crippen LogP contribution in [0.15, 0.2) is 52.4 Å². The van der Waals surface area contributed by atoms with Gasteiger partial charge in [-0.05, 0) is 28.1 Å². The maximum atomic E-state index is 4.79. The molecule has 23 heavy (non-hydrogen) atoms. The van der Waals surface area contributed by atoms with Crippen molar-refractivity contribution in [3.8, 4) is 11.4 Å². The van der Waals surface area contributed by atoms with E-state index in [0.29, 0.717) is 0 Å². The predicted octanol–water partition coefficient (Wildman–Crippen LogP) is 4.53. The lowest BCUT2D eigenvalue weighted by atomic mass is 10.1. The van der Waals surface area contributed by atoms with Gasteiger partial charge in [0.05, 0.1) is 9.48 Å². The van der Waals surface area contributed by atoms with Gasteiger partial charge in [0.15, 0.2) is 5.82 Å². The molecule has 116 valence electrons. The van der Waals surface area contributed by atoms with Crippen LogP contribution in [0.3, 0.4) is 0 Å². The maximum absolute atomic E-state index is 4.79. The van der Waals surface area contributed by atoms with Crippen LogP contribution in [-0.2, 0) is 19.5 Å². The molecule has 4 rings (SSSR count). The Morgan fingerprint density at radius 2 is 2.00 bits per heavy atom. The second-order valence-corrected chi connectivity index (χ2v) is 8.25. The normalized spacial score (nSPS) is 14.7. The topological polar surface area (TPSA) is 29.0 Å². The number of thiophene rings is 1. The minimum atomic E-state index is 0.833. The highest BCUT2D eigenvalue weighted by molar-refractivity contribution is 9.11. The van der Waals surface area contributed by atoms with Gasteiger partial charge in [0.25, 0.3) is 0 Å². The molecule has 0 N–H and O–H groups in total. The van der Waals surface area contributed by atoms with Crippen molar-refractivity contribution in [2.75, 3.05) is 6.54 Å². The third-order valence-electron chi connectivity index (χ3n) is 4.05. The lowest BCUT2D eigenvalue weighted by molar-refractivity contribution is 0.245. The lowest BCUT2D eigenvalue weighted by Crippen LogP contribution is -2.30. The first kappa shape index (κ1) is 15.0. The summed E-state index contributed by atoms with van der Waals surface area (Å²) in [4.78, 5) is 13.2. The Bertz CT molecular complexity index is 816. The van der Waals surface area contributed by atoms with Crippen LogP contribution in [0, 0.1) is 0 Å². The predicted molar refractivity (Wildman–Crippen MR) is 97.3 cm³/mol. The molecule has 0 aliphatic carbocycles. The Morgan fingerprint density at radius 1 is 1.13 bits per heavy atom. The van der Waals surface area contributed by atoms with Crippen molar-refractivity contribution < 1.29 is 0 Å². The molecule has 0 fully saturated rings. The fraction of sp³-hybridized carbons (Fsp3) is 0.222.